The number of nitrogens with one attached hydrogen (secondary N) is 2. The second kappa shape index (κ2) is 12.3. The standard InChI is InChI=1S/C30H37ClN8O2S/c1-17(2)39-14-11-23(35-39)20-9-12-38(13-10-20)30-34-26-21(15-18(3)16-22(26)29(41)37(30)5)19(4)32-24-7-8-25(31)33-27(24)28(40)36-42-6/h7-8,11,14-17,19-20,32H,9-10,12-13H2,1-6H3,(H,36,40). The molecule has 0 aliphatic carbocycles. The van der Waals surface area contributed by atoms with Gasteiger partial charge in [0.25, 0.3) is 11.5 Å². The van der Waals surface area contributed by atoms with Crippen molar-refractivity contribution in [2.45, 2.75) is 58.5 Å². The minimum atomic E-state index is -0.345. The zero-order valence-electron chi connectivity index (χ0n) is 24.8. The van der Waals surface area contributed by atoms with Gasteiger partial charge in [-0.2, -0.15) is 5.10 Å². The molecule has 5 rings (SSSR count). The predicted octanol–water partition coefficient (Wildman–Crippen LogP) is 5.63. The van der Waals surface area contributed by atoms with E-state index in [1.165, 1.54) is 11.9 Å². The summed E-state index contributed by atoms with van der Waals surface area (Å²) in [7, 11) is 1.79. The Morgan fingerprint density at radius 1 is 1.12 bits per heavy atom. The third-order valence-electron chi connectivity index (χ3n) is 7.79. The first-order valence-electron chi connectivity index (χ1n) is 14.1. The summed E-state index contributed by atoms with van der Waals surface area (Å²) in [6.45, 7) is 9.78. The third-order valence-corrected chi connectivity index (χ3v) is 8.39. The van der Waals surface area contributed by atoms with Crippen LogP contribution in [0.3, 0.4) is 0 Å². The van der Waals surface area contributed by atoms with Crippen LogP contribution >= 0.6 is 23.5 Å². The molecule has 3 aromatic heterocycles. The number of carbonyl (C=O) groups excluding carboxylic acids is 1. The molecular weight excluding hydrogens is 572 g/mol. The van der Waals surface area contributed by atoms with Crippen molar-refractivity contribution in [3.05, 3.63) is 74.6 Å². The van der Waals surface area contributed by atoms with E-state index >= 15 is 0 Å². The summed E-state index contributed by atoms with van der Waals surface area (Å²) in [5.74, 6) is 0.693. The number of benzene rings is 1. The Morgan fingerprint density at radius 3 is 2.52 bits per heavy atom. The number of hydrogen-bond acceptors (Lipinski definition) is 8. The van der Waals surface area contributed by atoms with Crippen LogP contribution in [0.4, 0.5) is 11.6 Å². The highest BCUT2D eigenvalue weighted by molar-refractivity contribution is 7.97. The fourth-order valence-electron chi connectivity index (χ4n) is 5.56. The molecule has 0 bridgehead atoms. The Balaban J connectivity index is 1.46. The van der Waals surface area contributed by atoms with E-state index in [0.717, 1.165) is 42.8 Å². The topological polar surface area (TPSA) is 110 Å². The van der Waals surface area contributed by atoms with Crippen LogP contribution in [0.2, 0.25) is 5.15 Å². The number of pyridine rings is 1. The van der Waals surface area contributed by atoms with Crippen LogP contribution in [0.15, 0.2) is 41.3 Å². The lowest BCUT2D eigenvalue weighted by Crippen LogP contribution is -2.38. The average molecular weight is 609 g/mol. The maximum atomic E-state index is 13.7. The number of aryl methyl sites for hydroxylation is 1. The molecule has 222 valence electrons. The smallest absolute Gasteiger partial charge is 0.281 e. The number of nitrogens with zero attached hydrogens (tertiary/aromatic N) is 6. The van der Waals surface area contributed by atoms with Gasteiger partial charge in [-0.25, -0.2) is 9.97 Å². The summed E-state index contributed by atoms with van der Waals surface area (Å²) in [4.78, 5) is 37.9. The maximum absolute atomic E-state index is 13.7. The van der Waals surface area contributed by atoms with Crippen molar-refractivity contribution in [3.63, 3.8) is 0 Å². The molecule has 10 nitrogen and oxygen atoms in total. The van der Waals surface area contributed by atoms with Crippen LogP contribution in [0.1, 0.15) is 78.9 Å². The molecule has 1 aliphatic rings. The number of anilines is 2. The van der Waals surface area contributed by atoms with Crippen molar-refractivity contribution in [2.24, 2.45) is 7.05 Å². The van der Waals surface area contributed by atoms with Crippen molar-refractivity contribution >= 4 is 52.0 Å². The molecular formula is C30H37ClN8O2S. The highest BCUT2D eigenvalue weighted by Crippen LogP contribution is 2.32. The number of halogens is 1. The summed E-state index contributed by atoms with van der Waals surface area (Å²) in [5.41, 5.74) is 4.25. The van der Waals surface area contributed by atoms with Crippen molar-refractivity contribution in [1.29, 1.82) is 0 Å². The van der Waals surface area contributed by atoms with Gasteiger partial charge in [-0.3, -0.25) is 23.6 Å². The summed E-state index contributed by atoms with van der Waals surface area (Å²) in [6.07, 6.45) is 5.69. The molecule has 1 saturated heterocycles. The zero-order valence-corrected chi connectivity index (χ0v) is 26.4. The van der Waals surface area contributed by atoms with Gasteiger partial charge in [-0.05, 0) is 70.4 Å². The Bertz CT molecular complexity index is 1680. The van der Waals surface area contributed by atoms with Crippen molar-refractivity contribution in [2.75, 3.05) is 29.6 Å². The molecule has 42 heavy (non-hydrogen) atoms. The summed E-state index contributed by atoms with van der Waals surface area (Å²) >= 11 is 7.30. The number of fused-ring (bicyclic) bond motifs is 1. The lowest BCUT2D eigenvalue weighted by molar-refractivity contribution is 0.0980. The van der Waals surface area contributed by atoms with Crippen LogP contribution in [-0.4, -0.2) is 49.6 Å². The lowest BCUT2D eigenvalue weighted by Gasteiger charge is -2.33. The van der Waals surface area contributed by atoms with E-state index in [0.29, 0.717) is 34.5 Å². The number of carbonyl (C=O) groups is 1. The molecule has 12 heteroatoms. The number of piperidine rings is 1. The Kier molecular flexibility index (Phi) is 8.79. The quantitative estimate of drug-likeness (QED) is 0.196. The van der Waals surface area contributed by atoms with Crippen LogP contribution in [0, 0.1) is 6.92 Å². The van der Waals surface area contributed by atoms with E-state index in [1.54, 1.807) is 30.0 Å². The molecule has 1 amide bonds. The third kappa shape index (κ3) is 5.98. The maximum Gasteiger partial charge on any atom is 0.281 e. The van der Waals surface area contributed by atoms with Gasteiger partial charge < -0.3 is 10.2 Å². The number of amides is 1. The minimum absolute atomic E-state index is 0.0850. The molecule has 4 heterocycles. The minimum Gasteiger partial charge on any atom is -0.377 e. The zero-order chi connectivity index (χ0) is 30.1. The van der Waals surface area contributed by atoms with Gasteiger partial charge >= 0.3 is 0 Å². The van der Waals surface area contributed by atoms with Gasteiger partial charge in [0, 0.05) is 50.1 Å². The second-order valence-electron chi connectivity index (χ2n) is 11.1. The monoisotopic (exact) mass is 608 g/mol. The summed E-state index contributed by atoms with van der Waals surface area (Å²) < 4.78 is 6.37. The fourth-order valence-corrected chi connectivity index (χ4v) is 5.99. The highest BCUT2D eigenvalue weighted by atomic mass is 35.5. The van der Waals surface area contributed by atoms with Crippen LogP contribution in [0.25, 0.3) is 10.9 Å². The number of hydrogen-bond donors (Lipinski definition) is 2. The average Bonchev–Trinajstić information content (AvgIpc) is 3.47. The Morgan fingerprint density at radius 2 is 1.86 bits per heavy atom. The first-order chi connectivity index (χ1) is 20.1. The normalized spacial score (nSPS) is 14.9. The SMILES string of the molecule is CSNC(=O)c1nc(Cl)ccc1NC(C)c1cc(C)cc2c(=O)n(C)c(N3CCC(c4ccn(C(C)C)n4)CC3)nc12. The predicted molar refractivity (Wildman–Crippen MR) is 171 cm³/mol. The van der Waals surface area contributed by atoms with Gasteiger partial charge in [0.15, 0.2) is 5.69 Å². The highest BCUT2D eigenvalue weighted by Gasteiger charge is 2.26. The molecule has 4 aromatic rings. The molecule has 1 unspecified atom stereocenters. The van der Waals surface area contributed by atoms with Gasteiger partial charge in [-0.1, -0.05) is 29.6 Å². The molecule has 1 atom stereocenters. The van der Waals surface area contributed by atoms with Crippen LogP contribution in [0.5, 0.6) is 0 Å². The van der Waals surface area contributed by atoms with E-state index in [9.17, 15) is 9.59 Å². The number of rotatable bonds is 8. The van der Waals surface area contributed by atoms with Crippen LogP contribution < -0.4 is 20.5 Å². The van der Waals surface area contributed by atoms with Crippen molar-refractivity contribution in [3.8, 4) is 0 Å². The van der Waals surface area contributed by atoms with E-state index in [1.807, 2.05) is 30.7 Å². The fraction of sp³-hybridized carbons (Fsp3) is 0.433. The van der Waals surface area contributed by atoms with E-state index in [2.05, 4.69) is 46.0 Å². The first kappa shape index (κ1) is 29.9. The van der Waals surface area contributed by atoms with Gasteiger partial charge in [-0.15, -0.1) is 0 Å². The molecule has 1 aromatic carbocycles. The molecule has 0 spiro atoms. The van der Waals surface area contributed by atoms with E-state index < -0.39 is 0 Å². The summed E-state index contributed by atoms with van der Waals surface area (Å²) in [6, 6.07) is 9.49. The molecule has 1 aliphatic heterocycles. The molecule has 1 fully saturated rings. The van der Waals surface area contributed by atoms with Crippen LogP contribution in [-0.2, 0) is 7.05 Å². The Labute approximate surface area is 255 Å². The van der Waals surface area contributed by atoms with E-state index in [-0.39, 0.29) is 28.4 Å². The first-order valence-corrected chi connectivity index (χ1v) is 15.7. The lowest BCUT2D eigenvalue weighted by atomic mass is 9.94. The van der Waals surface area contributed by atoms with Crippen molar-refractivity contribution < 1.29 is 4.79 Å². The molecule has 2 N–H and O–H groups in total. The summed E-state index contributed by atoms with van der Waals surface area (Å²) in [5, 5.41) is 9.00. The van der Waals surface area contributed by atoms with Gasteiger partial charge in [0.2, 0.25) is 5.95 Å². The second-order valence-corrected chi connectivity index (χ2v) is 12.1. The number of aromatic nitrogens is 5. The van der Waals surface area contributed by atoms with Gasteiger partial charge in [0.1, 0.15) is 5.15 Å². The largest absolute Gasteiger partial charge is 0.377 e. The van der Waals surface area contributed by atoms with E-state index in [4.69, 9.17) is 21.7 Å². The Hall–Kier alpha value is -3.57. The molecule has 0 saturated carbocycles. The van der Waals surface area contributed by atoms with Crippen molar-refractivity contribution in [1.82, 2.24) is 29.0 Å². The molecule has 0 radical (unpaired) electrons. The van der Waals surface area contributed by atoms with Gasteiger partial charge in [0.05, 0.1) is 28.3 Å².